The van der Waals surface area contributed by atoms with Gasteiger partial charge in [-0.05, 0) is 47.7 Å². The number of rotatable bonds is 2. The molecule has 7 nitrogen and oxygen atoms in total. The van der Waals surface area contributed by atoms with E-state index in [4.69, 9.17) is 0 Å². The summed E-state index contributed by atoms with van der Waals surface area (Å²) in [7, 11) is 0. The number of carbonyl (C=O) groups excluding carboxylic acids is 1. The van der Waals surface area contributed by atoms with Crippen LogP contribution in [-0.2, 0) is 0 Å². The van der Waals surface area contributed by atoms with Crippen LogP contribution in [0.15, 0.2) is 17.8 Å². The Morgan fingerprint density at radius 1 is 1.32 bits per heavy atom. The lowest BCUT2D eigenvalue weighted by Crippen LogP contribution is -2.42. The number of thiophene rings is 1. The van der Waals surface area contributed by atoms with Crippen LogP contribution in [0.4, 0.5) is 0 Å². The van der Waals surface area contributed by atoms with Gasteiger partial charge < -0.3 is 10.2 Å². The number of amides is 1. The average molecular weight is 341 g/mol. The Balaban J connectivity index is 0.00000144. The van der Waals surface area contributed by atoms with Crippen molar-refractivity contribution < 1.29 is 4.79 Å². The first kappa shape index (κ1) is 15.4. The lowest BCUT2D eigenvalue weighted by atomic mass is 10.1. The molecule has 2 fully saturated rings. The number of nitrogens with one attached hydrogen (secondary N) is 1. The third kappa shape index (κ3) is 2.51. The second-order valence-corrected chi connectivity index (χ2v) is 6.40. The topological polar surface area (TPSA) is 75.9 Å². The molecule has 0 spiro atoms. The molecular weight excluding hydrogens is 324 g/mol. The monoisotopic (exact) mass is 340 g/mol. The standard InChI is InChI=1S/C13H16N6OS.ClH/c20-13(19-9-1-2-10(19)7-14-5-3-9)12-11(4-6-21-12)18-8-15-16-17-18;/h4,6,8-10,14H,1-3,5,7H2;1H. The van der Waals surface area contributed by atoms with Crippen LogP contribution in [-0.4, -0.2) is 56.2 Å². The number of fused-ring (bicyclic) bond motifs is 2. The molecule has 2 atom stereocenters. The highest BCUT2D eigenvalue weighted by molar-refractivity contribution is 7.12. The largest absolute Gasteiger partial charge is 0.331 e. The number of hydrogen-bond acceptors (Lipinski definition) is 6. The summed E-state index contributed by atoms with van der Waals surface area (Å²) in [6, 6.07) is 2.57. The van der Waals surface area contributed by atoms with Gasteiger partial charge in [0.25, 0.3) is 5.91 Å². The highest BCUT2D eigenvalue weighted by Crippen LogP contribution is 2.32. The van der Waals surface area contributed by atoms with Crippen molar-refractivity contribution in [2.45, 2.75) is 31.3 Å². The second-order valence-electron chi connectivity index (χ2n) is 5.48. The molecule has 2 unspecified atom stereocenters. The molecule has 2 aromatic rings. The third-order valence-electron chi connectivity index (χ3n) is 4.32. The van der Waals surface area contributed by atoms with E-state index in [-0.39, 0.29) is 18.3 Å². The van der Waals surface area contributed by atoms with Crippen LogP contribution in [0, 0.1) is 0 Å². The molecule has 0 saturated carbocycles. The first-order chi connectivity index (χ1) is 10.3. The van der Waals surface area contributed by atoms with Crippen LogP contribution in [0.5, 0.6) is 0 Å². The lowest BCUT2D eigenvalue weighted by Gasteiger charge is -2.27. The Morgan fingerprint density at radius 2 is 2.18 bits per heavy atom. The molecule has 2 aromatic heterocycles. The summed E-state index contributed by atoms with van der Waals surface area (Å²) >= 11 is 1.46. The van der Waals surface area contributed by atoms with Gasteiger partial charge >= 0.3 is 0 Å². The van der Waals surface area contributed by atoms with Gasteiger partial charge in [0.2, 0.25) is 0 Å². The van der Waals surface area contributed by atoms with Gasteiger partial charge in [-0.1, -0.05) is 0 Å². The minimum Gasteiger partial charge on any atom is -0.331 e. The molecule has 1 N–H and O–H groups in total. The normalized spacial score (nSPS) is 23.9. The van der Waals surface area contributed by atoms with Crippen molar-refractivity contribution in [3.8, 4) is 5.69 Å². The highest BCUT2D eigenvalue weighted by Gasteiger charge is 2.39. The van der Waals surface area contributed by atoms with Gasteiger partial charge in [-0.25, -0.2) is 0 Å². The second kappa shape index (κ2) is 6.31. The smallest absolute Gasteiger partial charge is 0.266 e. The summed E-state index contributed by atoms with van der Waals surface area (Å²) in [4.78, 5) is 15.8. The van der Waals surface area contributed by atoms with E-state index in [0.29, 0.717) is 12.1 Å². The molecule has 2 saturated heterocycles. The van der Waals surface area contributed by atoms with E-state index in [1.165, 1.54) is 17.7 Å². The van der Waals surface area contributed by atoms with E-state index in [1.807, 2.05) is 11.4 Å². The number of carbonyl (C=O) groups is 1. The first-order valence-electron chi connectivity index (χ1n) is 7.19. The van der Waals surface area contributed by atoms with Crippen molar-refractivity contribution in [3.63, 3.8) is 0 Å². The van der Waals surface area contributed by atoms with E-state index < -0.39 is 0 Å². The third-order valence-corrected chi connectivity index (χ3v) is 5.21. The molecule has 4 heterocycles. The molecule has 2 aliphatic heterocycles. The molecule has 0 radical (unpaired) electrons. The fraction of sp³-hybridized carbons (Fsp3) is 0.538. The predicted molar refractivity (Wildman–Crippen MR) is 84.7 cm³/mol. The quantitative estimate of drug-likeness (QED) is 0.886. The molecule has 4 rings (SSSR count). The van der Waals surface area contributed by atoms with Crippen LogP contribution in [0.2, 0.25) is 0 Å². The van der Waals surface area contributed by atoms with E-state index in [1.54, 1.807) is 4.68 Å². The molecular formula is C13H17ClN6OS. The Hall–Kier alpha value is -1.51. The minimum absolute atomic E-state index is 0. The molecule has 0 aliphatic carbocycles. The molecule has 22 heavy (non-hydrogen) atoms. The Labute approximate surface area is 138 Å². The van der Waals surface area contributed by atoms with Crippen LogP contribution < -0.4 is 5.32 Å². The van der Waals surface area contributed by atoms with Gasteiger partial charge in [0.15, 0.2) is 0 Å². The number of halogens is 1. The molecule has 118 valence electrons. The van der Waals surface area contributed by atoms with E-state index >= 15 is 0 Å². The fourth-order valence-electron chi connectivity index (χ4n) is 3.35. The number of nitrogens with zero attached hydrogens (tertiary/aromatic N) is 5. The van der Waals surface area contributed by atoms with Gasteiger partial charge in [-0.2, -0.15) is 4.68 Å². The summed E-state index contributed by atoms with van der Waals surface area (Å²) in [5, 5.41) is 16.5. The Bertz CT molecular complexity index is 631. The van der Waals surface area contributed by atoms with E-state index in [9.17, 15) is 4.79 Å². The Morgan fingerprint density at radius 3 is 3.00 bits per heavy atom. The van der Waals surface area contributed by atoms with Crippen LogP contribution in [0.3, 0.4) is 0 Å². The molecule has 1 amide bonds. The van der Waals surface area contributed by atoms with E-state index in [2.05, 4.69) is 25.7 Å². The number of aromatic nitrogens is 4. The van der Waals surface area contributed by atoms with Gasteiger partial charge in [-0.3, -0.25) is 4.79 Å². The molecule has 0 aromatic carbocycles. The van der Waals surface area contributed by atoms with Gasteiger partial charge in [0.1, 0.15) is 11.2 Å². The Kier molecular flexibility index (Phi) is 4.42. The maximum absolute atomic E-state index is 13.0. The summed E-state index contributed by atoms with van der Waals surface area (Å²) < 4.78 is 1.56. The lowest BCUT2D eigenvalue weighted by molar-refractivity contribution is 0.0685. The first-order valence-corrected chi connectivity index (χ1v) is 8.07. The van der Waals surface area contributed by atoms with Gasteiger partial charge in [0, 0.05) is 18.6 Å². The molecule has 2 bridgehead atoms. The van der Waals surface area contributed by atoms with Gasteiger partial charge in [-0.15, -0.1) is 28.8 Å². The molecule has 2 aliphatic rings. The van der Waals surface area contributed by atoms with Gasteiger partial charge in [0.05, 0.1) is 5.69 Å². The summed E-state index contributed by atoms with van der Waals surface area (Å²) in [6.07, 6.45) is 4.77. The maximum atomic E-state index is 13.0. The van der Waals surface area contributed by atoms with Crippen molar-refractivity contribution in [2.24, 2.45) is 0 Å². The summed E-state index contributed by atoms with van der Waals surface area (Å²) in [6.45, 7) is 1.89. The zero-order valence-electron chi connectivity index (χ0n) is 11.9. The number of hydrogen-bond donors (Lipinski definition) is 1. The van der Waals surface area contributed by atoms with Crippen LogP contribution in [0.25, 0.3) is 5.69 Å². The van der Waals surface area contributed by atoms with Crippen molar-refractivity contribution >= 4 is 29.7 Å². The average Bonchev–Trinajstić information content (AvgIpc) is 3.15. The number of tetrazole rings is 1. The van der Waals surface area contributed by atoms with Crippen molar-refractivity contribution in [1.29, 1.82) is 0 Å². The van der Waals surface area contributed by atoms with E-state index in [0.717, 1.165) is 42.9 Å². The van der Waals surface area contributed by atoms with Crippen LogP contribution in [0.1, 0.15) is 28.9 Å². The summed E-state index contributed by atoms with van der Waals surface area (Å²) in [5.41, 5.74) is 0.770. The van der Waals surface area contributed by atoms with Crippen molar-refractivity contribution in [1.82, 2.24) is 30.4 Å². The van der Waals surface area contributed by atoms with Crippen molar-refractivity contribution in [3.05, 3.63) is 22.7 Å². The highest BCUT2D eigenvalue weighted by atomic mass is 35.5. The predicted octanol–water partition coefficient (Wildman–Crippen LogP) is 1.11. The van der Waals surface area contributed by atoms with Crippen molar-refractivity contribution in [2.75, 3.05) is 13.1 Å². The summed E-state index contributed by atoms with van der Waals surface area (Å²) in [5.74, 6) is 0.117. The minimum atomic E-state index is 0. The SMILES string of the molecule is Cl.O=C(c1sccc1-n1cnnn1)N1C2CCNCC1CC2. The van der Waals surface area contributed by atoms with Crippen LogP contribution >= 0.6 is 23.7 Å². The zero-order chi connectivity index (χ0) is 14.2. The molecule has 9 heteroatoms. The zero-order valence-corrected chi connectivity index (χ0v) is 13.5. The maximum Gasteiger partial charge on any atom is 0.266 e. The fourth-order valence-corrected chi connectivity index (χ4v) is 4.17.